The second-order valence-electron chi connectivity index (χ2n) is 23.4. The van der Waals surface area contributed by atoms with E-state index in [4.69, 9.17) is 5.73 Å². The zero-order chi connectivity index (χ0) is 70.1. The molecule has 0 saturated carbocycles. The van der Waals surface area contributed by atoms with Gasteiger partial charge in [0.25, 0.3) is 0 Å². The molecule has 5 rings (SSSR count). The number of carboxylic acid groups (broad SMARTS) is 2. The summed E-state index contributed by atoms with van der Waals surface area (Å²) in [4.78, 5) is 179. The number of fused-ring (bicyclic) bond motifs is 2. The van der Waals surface area contributed by atoms with Crippen LogP contribution in [-0.2, 0) is 81.6 Å². The second kappa shape index (κ2) is 37.7. The van der Waals surface area contributed by atoms with Crippen LogP contribution in [0.1, 0.15) is 70.6 Å². The lowest BCUT2D eigenvalue weighted by molar-refractivity contribution is -0.142. The van der Waals surface area contributed by atoms with Crippen LogP contribution in [0.4, 0.5) is 0 Å². The lowest BCUT2D eigenvalue weighted by Gasteiger charge is -2.27. The van der Waals surface area contributed by atoms with Crippen molar-refractivity contribution in [3.8, 4) is 0 Å². The minimum absolute atomic E-state index is 0.0281. The summed E-state index contributed by atoms with van der Waals surface area (Å²) in [5.41, 5.74) is 10.1. The predicted octanol–water partition coefficient (Wildman–Crippen LogP) is -0.939. The summed E-state index contributed by atoms with van der Waals surface area (Å²) in [6, 6.07) is 9.85. The molecule has 0 saturated heterocycles. The number of amides is 11. The van der Waals surface area contributed by atoms with Crippen LogP contribution in [0.5, 0.6) is 0 Å². The van der Waals surface area contributed by atoms with Gasteiger partial charge in [0.2, 0.25) is 65.0 Å². The van der Waals surface area contributed by atoms with Gasteiger partial charge in [-0.2, -0.15) is 37.9 Å². The first-order valence-corrected chi connectivity index (χ1v) is 32.4. The maximum Gasteiger partial charge on any atom is 0.326 e. The van der Waals surface area contributed by atoms with E-state index in [1.165, 1.54) is 6.92 Å². The largest absolute Gasteiger partial charge is 0.481 e. The van der Waals surface area contributed by atoms with Gasteiger partial charge in [-0.25, -0.2) is 4.79 Å². The molecule has 17 N–H and O–H groups in total. The highest BCUT2D eigenvalue weighted by Gasteiger charge is 2.35. The third-order valence-electron chi connectivity index (χ3n) is 14.9. The second-order valence-corrected chi connectivity index (χ2v) is 24.5. The third kappa shape index (κ3) is 24.3. The normalized spacial score (nSPS) is 14.4. The van der Waals surface area contributed by atoms with Crippen LogP contribution < -0.4 is 64.2 Å². The summed E-state index contributed by atoms with van der Waals surface area (Å²) in [6.07, 6.45) is 2.58. The molecule has 11 amide bonds. The van der Waals surface area contributed by atoms with Gasteiger partial charge in [-0.05, 0) is 66.8 Å². The van der Waals surface area contributed by atoms with Gasteiger partial charge >= 0.3 is 11.9 Å². The molecule has 32 heteroatoms. The van der Waals surface area contributed by atoms with Crippen LogP contribution in [0.25, 0.3) is 21.8 Å². The summed E-state index contributed by atoms with van der Waals surface area (Å²) >= 11 is 12.6. The highest BCUT2D eigenvalue weighted by molar-refractivity contribution is 7.80. The maximum absolute atomic E-state index is 14.1. The average Bonchev–Trinajstić information content (AvgIpc) is 1.74. The Morgan fingerprint density at radius 2 is 0.811 bits per heavy atom. The van der Waals surface area contributed by atoms with Gasteiger partial charge in [0, 0.05) is 64.3 Å². The van der Waals surface area contributed by atoms with Crippen LogP contribution in [0.3, 0.4) is 0 Å². The number of H-pyrrole nitrogens is 2. The van der Waals surface area contributed by atoms with Gasteiger partial charge in [0.05, 0.1) is 25.6 Å². The number of aromatic nitrogens is 2. The fourth-order valence-electron chi connectivity index (χ4n) is 9.90. The Balaban J connectivity index is 1.12. The van der Waals surface area contributed by atoms with Crippen molar-refractivity contribution in [2.45, 2.75) is 134 Å². The zero-order valence-electron chi connectivity index (χ0n) is 53.0. The molecule has 2 heterocycles. The summed E-state index contributed by atoms with van der Waals surface area (Å²) in [5, 5.41) is 48.1. The summed E-state index contributed by atoms with van der Waals surface area (Å²) in [5.74, 6) is -13.9. The van der Waals surface area contributed by atoms with E-state index >= 15 is 0 Å². The number of carbonyl (C=O) groups excluding carboxylic acids is 11. The molecule has 10 atom stereocenters. The van der Waals surface area contributed by atoms with Gasteiger partial charge in [-0.3, -0.25) is 57.5 Å². The number of rotatable bonds is 38. The van der Waals surface area contributed by atoms with E-state index in [2.05, 4.69) is 106 Å². The molecular weight excluding hydrogens is 1290 g/mol. The first-order valence-electron chi connectivity index (χ1n) is 30.5. The molecule has 0 unspecified atom stereocenters. The Morgan fingerprint density at radius 1 is 0.421 bits per heavy atom. The Kier molecular flexibility index (Phi) is 30.4. The smallest absolute Gasteiger partial charge is 0.326 e. The van der Waals surface area contributed by atoms with Crippen LogP contribution >= 0.6 is 37.9 Å². The number of carboxylic acids is 2. The average molecular weight is 1370 g/mol. The van der Waals surface area contributed by atoms with Gasteiger partial charge in [0.1, 0.15) is 54.4 Å². The van der Waals surface area contributed by atoms with E-state index in [0.717, 1.165) is 27.4 Å². The lowest BCUT2D eigenvalue weighted by Crippen LogP contribution is -2.60. The number of aliphatic carboxylic acids is 2. The van der Waals surface area contributed by atoms with Crippen molar-refractivity contribution in [3.05, 3.63) is 108 Å². The Hall–Kier alpha value is -9.14. The minimum Gasteiger partial charge on any atom is -0.481 e. The predicted molar refractivity (Wildman–Crippen MR) is 362 cm³/mol. The van der Waals surface area contributed by atoms with Crippen LogP contribution in [0.15, 0.2) is 91.3 Å². The molecule has 0 aliphatic heterocycles. The van der Waals surface area contributed by atoms with Crippen molar-refractivity contribution < 1.29 is 72.5 Å². The van der Waals surface area contributed by atoms with E-state index < -0.39 is 163 Å². The summed E-state index contributed by atoms with van der Waals surface area (Å²) < 4.78 is 0. The first-order chi connectivity index (χ1) is 45.1. The first kappa shape index (κ1) is 76.6. The monoisotopic (exact) mass is 1370 g/mol. The fraction of sp³-hybridized carbons (Fsp3) is 0.444. The van der Waals surface area contributed by atoms with E-state index in [9.17, 15) is 72.5 Å². The highest BCUT2D eigenvalue weighted by Crippen LogP contribution is 2.21. The standard InChI is InChI=1S/C63H84N14O15S3/c1-32(2)19-43(73-58(86)44(20-33(3)4)74-62(90)50(31-95)77-59(87)45(21-35-13-7-6-8-14-35)72-55(83)40(64)22-36-25-65-41-17-11-9-15-38(36)41)56(84)68-28-52(79)70-48(29-93)60(88)75-46(24-53(80)81)57(85)69-34(5)54(82)67-27-51(78)71-49(30-94)61(89)76-47(63(91)92)23-37-26-66-42-18-12-10-16-39(37)42/h6-18,25-26,32-34,40,43-50,65-66,93-95H,19-24,27-31,64H2,1-5H3,(H,67,82)(H,68,84)(H,69,85)(H,70,79)(H,71,78)(H,72,83)(H,73,86)(H,74,90)(H,75,88)(H,76,89)(H,77,87)(H,80,81)(H,91,92)/t34-,40-,43-,44-,45-,46-,47-,48-,49-,50-/m0/s1. The number of benzene rings is 3. The molecule has 0 aliphatic rings. The molecule has 95 heavy (non-hydrogen) atoms. The molecule has 0 aliphatic carbocycles. The Morgan fingerprint density at radius 3 is 1.29 bits per heavy atom. The molecule has 2 aromatic heterocycles. The molecular formula is C63H84N14O15S3. The van der Waals surface area contributed by atoms with Gasteiger partial charge in [-0.15, -0.1) is 0 Å². The number of hydrogen-bond acceptors (Lipinski definition) is 17. The molecule has 0 fully saturated rings. The zero-order valence-corrected chi connectivity index (χ0v) is 55.7. The molecule has 514 valence electrons. The third-order valence-corrected chi connectivity index (χ3v) is 16.0. The van der Waals surface area contributed by atoms with Gasteiger partial charge in [-0.1, -0.05) is 94.4 Å². The van der Waals surface area contributed by atoms with Crippen LogP contribution in [0, 0.1) is 11.8 Å². The molecule has 5 aromatic rings. The lowest BCUT2D eigenvalue weighted by atomic mass is 9.99. The van der Waals surface area contributed by atoms with E-state index in [1.54, 1.807) is 94.7 Å². The summed E-state index contributed by atoms with van der Waals surface area (Å²) in [7, 11) is 0. The number of para-hydroxylation sites is 2. The minimum atomic E-state index is -1.84. The number of nitrogens with two attached hydrogens (primary N) is 1. The van der Waals surface area contributed by atoms with Gasteiger partial charge < -0.3 is 84.4 Å². The van der Waals surface area contributed by atoms with Crippen molar-refractivity contribution in [2.24, 2.45) is 17.6 Å². The highest BCUT2D eigenvalue weighted by atomic mass is 32.1. The number of aromatic amines is 2. The number of nitrogens with one attached hydrogen (secondary N) is 13. The maximum atomic E-state index is 14.1. The molecule has 0 spiro atoms. The van der Waals surface area contributed by atoms with Gasteiger partial charge in [0.15, 0.2) is 0 Å². The topological polar surface area (TPSA) is 452 Å². The Labute approximate surface area is 564 Å². The Bertz CT molecular complexity index is 3530. The SMILES string of the molecule is CC(C)C[C@H](NC(=O)[C@H](CC(C)C)NC(=O)[C@H](CS)NC(=O)[C@H](Cc1ccccc1)NC(=O)[C@@H](N)Cc1c[nH]c2ccccc12)C(=O)NCC(=O)N[C@@H](CS)C(=O)N[C@@H](CC(=O)O)C(=O)N[C@@H](C)C(=O)NCC(=O)N[C@@H](CS)C(=O)N[C@@H](Cc1c[nH]c2ccccc12)C(=O)O. The number of thiol groups is 3. The number of carbonyl (C=O) groups is 13. The van der Waals surface area contributed by atoms with Crippen molar-refractivity contribution in [1.82, 2.24) is 68.5 Å². The quantitative estimate of drug-likeness (QED) is 0.0212. The van der Waals surface area contributed by atoms with Crippen molar-refractivity contribution in [1.29, 1.82) is 0 Å². The van der Waals surface area contributed by atoms with Crippen LogP contribution in [0.2, 0.25) is 0 Å². The number of hydrogen-bond donors (Lipinski definition) is 19. The van der Waals surface area contributed by atoms with Crippen molar-refractivity contribution >= 4 is 137 Å². The molecule has 29 nitrogen and oxygen atoms in total. The van der Waals surface area contributed by atoms with E-state index in [1.807, 2.05) is 24.3 Å². The van der Waals surface area contributed by atoms with Crippen LogP contribution in [-0.4, -0.2) is 188 Å². The van der Waals surface area contributed by atoms with E-state index in [-0.39, 0.29) is 55.4 Å². The van der Waals surface area contributed by atoms with E-state index in [0.29, 0.717) is 11.1 Å². The molecule has 3 aromatic carbocycles. The van der Waals surface area contributed by atoms with Crippen molar-refractivity contribution in [2.75, 3.05) is 30.3 Å². The molecule has 0 bridgehead atoms. The fourth-order valence-corrected chi connectivity index (χ4v) is 10.7. The molecule has 0 radical (unpaired) electrons. The van der Waals surface area contributed by atoms with Crippen molar-refractivity contribution in [3.63, 3.8) is 0 Å². The summed E-state index contributed by atoms with van der Waals surface area (Å²) in [6.45, 7) is 6.80.